The van der Waals surface area contributed by atoms with Gasteiger partial charge in [-0.05, 0) is 49.7 Å². The number of hydrogen-bond donors (Lipinski definition) is 2. The van der Waals surface area contributed by atoms with E-state index >= 15 is 0 Å². The molecule has 21 heavy (non-hydrogen) atoms. The van der Waals surface area contributed by atoms with E-state index in [1.54, 1.807) is 12.3 Å². The van der Waals surface area contributed by atoms with E-state index < -0.39 is 0 Å². The average molecular weight is 348 g/mol. The van der Waals surface area contributed by atoms with E-state index in [0.29, 0.717) is 11.7 Å². The second kappa shape index (κ2) is 7.22. The van der Waals surface area contributed by atoms with Crippen molar-refractivity contribution in [2.75, 3.05) is 10.6 Å². The van der Waals surface area contributed by atoms with Crippen LogP contribution in [0.3, 0.4) is 0 Å². The Labute approximate surface area is 133 Å². The van der Waals surface area contributed by atoms with Crippen LogP contribution < -0.4 is 10.6 Å². The number of halogens is 1. The van der Waals surface area contributed by atoms with Gasteiger partial charge in [0.25, 0.3) is 5.91 Å². The minimum absolute atomic E-state index is 0.217. The maximum Gasteiger partial charge on any atom is 0.274 e. The number of benzene rings is 1. The van der Waals surface area contributed by atoms with Gasteiger partial charge in [0.2, 0.25) is 0 Å². The number of amides is 1. The van der Waals surface area contributed by atoms with Gasteiger partial charge in [-0.1, -0.05) is 22.9 Å². The van der Waals surface area contributed by atoms with Crippen molar-refractivity contribution in [1.82, 2.24) is 4.98 Å². The van der Waals surface area contributed by atoms with Crippen molar-refractivity contribution in [3.05, 3.63) is 52.8 Å². The molecular weight excluding hydrogens is 330 g/mol. The molecule has 4 nitrogen and oxygen atoms in total. The topological polar surface area (TPSA) is 54.0 Å². The molecule has 0 saturated carbocycles. The van der Waals surface area contributed by atoms with Gasteiger partial charge in [-0.15, -0.1) is 0 Å². The van der Waals surface area contributed by atoms with Crippen LogP contribution in [0.4, 0.5) is 11.4 Å². The summed E-state index contributed by atoms with van der Waals surface area (Å²) in [5, 5.41) is 6.16. The smallest absolute Gasteiger partial charge is 0.274 e. The number of nitrogens with zero attached hydrogens (tertiary/aromatic N) is 1. The molecule has 1 amide bonds. The van der Waals surface area contributed by atoms with Gasteiger partial charge in [0.1, 0.15) is 5.69 Å². The Morgan fingerprint density at radius 3 is 2.62 bits per heavy atom. The molecule has 2 rings (SSSR count). The summed E-state index contributed by atoms with van der Waals surface area (Å²) in [5.74, 6) is -0.217. The van der Waals surface area contributed by atoms with Gasteiger partial charge in [-0.25, -0.2) is 0 Å². The lowest BCUT2D eigenvalue weighted by Crippen LogP contribution is -2.16. The minimum atomic E-state index is -0.217. The maximum absolute atomic E-state index is 12.2. The molecule has 0 bridgehead atoms. The Kier molecular flexibility index (Phi) is 5.33. The Bertz CT molecular complexity index is 613. The lowest BCUT2D eigenvalue weighted by atomic mass is 10.2. The summed E-state index contributed by atoms with van der Waals surface area (Å²) >= 11 is 3.36. The summed E-state index contributed by atoms with van der Waals surface area (Å²) in [7, 11) is 0. The van der Waals surface area contributed by atoms with Gasteiger partial charge in [-0.2, -0.15) is 0 Å². The molecule has 0 saturated heterocycles. The van der Waals surface area contributed by atoms with Crippen LogP contribution in [-0.4, -0.2) is 16.9 Å². The zero-order chi connectivity index (χ0) is 15.2. The van der Waals surface area contributed by atoms with Crippen molar-refractivity contribution in [1.29, 1.82) is 0 Å². The van der Waals surface area contributed by atoms with Crippen LogP contribution in [0, 0.1) is 0 Å². The highest BCUT2D eigenvalue weighted by molar-refractivity contribution is 9.10. The van der Waals surface area contributed by atoms with Gasteiger partial charge in [0.15, 0.2) is 0 Å². The first-order valence-electron chi connectivity index (χ1n) is 6.88. The first kappa shape index (κ1) is 15.5. The molecule has 1 aromatic heterocycles. The van der Waals surface area contributed by atoms with E-state index in [4.69, 9.17) is 0 Å². The average Bonchev–Trinajstić information content (AvgIpc) is 2.49. The predicted octanol–water partition coefficient (Wildman–Crippen LogP) is 4.31. The molecule has 0 fully saturated rings. The molecule has 1 unspecified atom stereocenters. The summed E-state index contributed by atoms with van der Waals surface area (Å²) in [6.45, 7) is 4.21. The standard InChI is InChI=1S/C16H18BrN3O/c1-3-11(2)19-14-8-9-18-15(10-14)16(21)20-13-6-4-12(17)5-7-13/h4-11H,3H2,1-2H3,(H,18,19)(H,20,21). The SMILES string of the molecule is CCC(C)Nc1ccnc(C(=O)Nc2ccc(Br)cc2)c1. The van der Waals surface area contributed by atoms with Crippen molar-refractivity contribution in [3.8, 4) is 0 Å². The van der Waals surface area contributed by atoms with E-state index in [2.05, 4.69) is 45.4 Å². The van der Waals surface area contributed by atoms with Crippen molar-refractivity contribution < 1.29 is 4.79 Å². The number of hydrogen-bond acceptors (Lipinski definition) is 3. The molecule has 5 heteroatoms. The maximum atomic E-state index is 12.2. The van der Waals surface area contributed by atoms with Crippen LogP contribution in [-0.2, 0) is 0 Å². The lowest BCUT2D eigenvalue weighted by Gasteiger charge is -2.13. The van der Waals surface area contributed by atoms with E-state index in [-0.39, 0.29) is 5.91 Å². The second-order valence-electron chi connectivity index (χ2n) is 4.84. The molecule has 1 atom stereocenters. The third-order valence-corrected chi connectivity index (χ3v) is 3.65. The lowest BCUT2D eigenvalue weighted by molar-refractivity contribution is 0.102. The Balaban J connectivity index is 2.08. The number of carbonyl (C=O) groups is 1. The molecule has 0 aliphatic rings. The number of nitrogens with one attached hydrogen (secondary N) is 2. The van der Waals surface area contributed by atoms with Crippen LogP contribution in [0.2, 0.25) is 0 Å². The highest BCUT2D eigenvalue weighted by atomic mass is 79.9. The largest absolute Gasteiger partial charge is 0.382 e. The molecule has 2 N–H and O–H groups in total. The molecule has 1 heterocycles. The zero-order valence-electron chi connectivity index (χ0n) is 12.1. The van der Waals surface area contributed by atoms with Crippen LogP contribution in [0.1, 0.15) is 30.8 Å². The summed E-state index contributed by atoms with van der Waals surface area (Å²) in [4.78, 5) is 16.3. The third-order valence-electron chi connectivity index (χ3n) is 3.12. The van der Waals surface area contributed by atoms with Crippen LogP contribution in [0.15, 0.2) is 47.1 Å². The summed E-state index contributed by atoms with van der Waals surface area (Å²) in [6.07, 6.45) is 2.66. The molecule has 2 aromatic rings. The highest BCUT2D eigenvalue weighted by Gasteiger charge is 2.09. The van der Waals surface area contributed by atoms with E-state index in [1.807, 2.05) is 30.3 Å². The predicted molar refractivity (Wildman–Crippen MR) is 89.7 cm³/mol. The van der Waals surface area contributed by atoms with Crippen molar-refractivity contribution >= 4 is 33.2 Å². The van der Waals surface area contributed by atoms with Gasteiger partial charge in [-0.3, -0.25) is 9.78 Å². The van der Waals surface area contributed by atoms with Gasteiger partial charge >= 0.3 is 0 Å². The Hall–Kier alpha value is -1.88. The number of pyridine rings is 1. The molecule has 1 aromatic carbocycles. The molecule has 0 radical (unpaired) electrons. The summed E-state index contributed by atoms with van der Waals surface area (Å²) in [6, 6.07) is 11.4. The summed E-state index contributed by atoms with van der Waals surface area (Å²) < 4.78 is 0.971. The molecule has 0 spiro atoms. The first-order valence-corrected chi connectivity index (χ1v) is 7.67. The molecule has 0 aliphatic heterocycles. The van der Waals surface area contributed by atoms with Gasteiger partial charge < -0.3 is 10.6 Å². The number of carbonyl (C=O) groups excluding carboxylic acids is 1. The number of anilines is 2. The van der Waals surface area contributed by atoms with Crippen LogP contribution in [0.25, 0.3) is 0 Å². The normalized spacial score (nSPS) is 11.8. The summed E-state index contributed by atoms with van der Waals surface area (Å²) in [5.41, 5.74) is 2.04. The minimum Gasteiger partial charge on any atom is -0.382 e. The van der Waals surface area contributed by atoms with E-state index in [9.17, 15) is 4.79 Å². The fraction of sp³-hybridized carbons (Fsp3) is 0.250. The van der Waals surface area contributed by atoms with Crippen molar-refractivity contribution in [2.45, 2.75) is 26.3 Å². The van der Waals surface area contributed by atoms with Gasteiger partial charge in [0.05, 0.1) is 0 Å². The zero-order valence-corrected chi connectivity index (χ0v) is 13.6. The molecule has 0 aliphatic carbocycles. The second-order valence-corrected chi connectivity index (χ2v) is 5.76. The Morgan fingerprint density at radius 2 is 1.95 bits per heavy atom. The van der Waals surface area contributed by atoms with E-state index in [1.165, 1.54) is 0 Å². The van der Waals surface area contributed by atoms with Crippen LogP contribution in [0.5, 0.6) is 0 Å². The first-order chi connectivity index (χ1) is 10.1. The fourth-order valence-electron chi connectivity index (χ4n) is 1.76. The number of rotatable bonds is 5. The quantitative estimate of drug-likeness (QED) is 0.847. The van der Waals surface area contributed by atoms with E-state index in [0.717, 1.165) is 22.3 Å². The molecule has 110 valence electrons. The van der Waals surface area contributed by atoms with Crippen molar-refractivity contribution in [3.63, 3.8) is 0 Å². The van der Waals surface area contributed by atoms with Gasteiger partial charge in [0, 0.05) is 28.1 Å². The Morgan fingerprint density at radius 1 is 1.24 bits per heavy atom. The monoisotopic (exact) mass is 347 g/mol. The fourth-order valence-corrected chi connectivity index (χ4v) is 2.02. The number of aromatic nitrogens is 1. The third kappa shape index (κ3) is 4.56. The van der Waals surface area contributed by atoms with Crippen molar-refractivity contribution in [2.24, 2.45) is 0 Å². The highest BCUT2D eigenvalue weighted by Crippen LogP contribution is 2.16. The van der Waals surface area contributed by atoms with Crippen LogP contribution >= 0.6 is 15.9 Å². The molecular formula is C16H18BrN3O.